The molecule has 2 saturated heterocycles. The predicted octanol–water partition coefficient (Wildman–Crippen LogP) is 2.71. The average molecular weight is 466 g/mol. The molecule has 2 fully saturated rings. The summed E-state index contributed by atoms with van der Waals surface area (Å²) < 4.78 is 30.7. The van der Waals surface area contributed by atoms with E-state index in [0.717, 1.165) is 31.4 Å². The van der Waals surface area contributed by atoms with E-state index in [4.69, 9.17) is 11.6 Å². The van der Waals surface area contributed by atoms with Crippen molar-refractivity contribution in [1.29, 1.82) is 0 Å². The maximum Gasteiger partial charge on any atom is 0.282 e. The minimum absolute atomic E-state index is 0.212. The minimum Gasteiger partial charge on any atom is -0.336 e. The van der Waals surface area contributed by atoms with E-state index >= 15 is 0 Å². The SMILES string of the molecule is Cc1nn(-c2ccccc2)c(Cl)c1C(=O)N1CCN(S(=O)(=O)N2CCCCCC2)CC1. The lowest BCUT2D eigenvalue weighted by Gasteiger charge is -2.36. The Morgan fingerprint density at radius 2 is 1.48 bits per heavy atom. The molecule has 4 rings (SSSR count). The molecule has 0 saturated carbocycles. The monoisotopic (exact) mass is 465 g/mol. The van der Waals surface area contributed by atoms with Gasteiger partial charge in [0.25, 0.3) is 16.1 Å². The highest BCUT2D eigenvalue weighted by Gasteiger charge is 2.35. The number of hydrogen-bond donors (Lipinski definition) is 0. The first kappa shape index (κ1) is 22.3. The maximum atomic E-state index is 13.2. The molecule has 0 spiro atoms. The zero-order valence-electron chi connectivity index (χ0n) is 17.7. The minimum atomic E-state index is -3.48. The number of para-hydroxylation sites is 1. The summed E-state index contributed by atoms with van der Waals surface area (Å²) in [5, 5.41) is 4.72. The summed E-state index contributed by atoms with van der Waals surface area (Å²) in [5.74, 6) is -0.212. The van der Waals surface area contributed by atoms with Gasteiger partial charge in [0.2, 0.25) is 0 Å². The number of aromatic nitrogens is 2. The van der Waals surface area contributed by atoms with Gasteiger partial charge in [0.15, 0.2) is 0 Å². The van der Waals surface area contributed by atoms with E-state index < -0.39 is 10.2 Å². The largest absolute Gasteiger partial charge is 0.336 e. The fourth-order valence-corrected chi connectivity index (χ4v) is 6.22. The number of rotatable bonds is 4. The van der Waals surface area contributed by atoms with Crippen LogP contribution in [-0.4, -0.2) is 76.9 Å². The van der Waals surface area contributed by atoms with Gasteiger partial charge in [-0.05, 0) is 31.9 Å². The van der Waals surface area contributed by atoms with Crippen molar-refractivity contribution in [2.24, 2.45) is 0 Å². The van der Waals surface area contributed by atoms with Gasteiger partial charge in [-0.15, -0.1) is 0 Å². The summed E-state index contributed by atoms with van der Waals surface area (Å²) in [5.41, 5.74) is 1.70. The molecule has 8 nitrogen and oxygen atoms in total. The van der Waals surface area contributed by atoms with Gasteiger partial charge < -0.3 is 4.90 Å². The van der Waals surface area contributed by atoms with Crippen LogP contribution in [0.3, 0.4) is 0 Å². The van der Waals surface area contributed by atoms with E-state index in [-0.39, 0.29) is 24.1 Å². The van der Waals surface area contributed by atoms with Gasteiger partial charge in [0.1, 0.15) is 5.15 Å². The number of aryl methyl sites for hydroxylation is 1. The molecular formula is C21H28ClN5O3S. The number of piperazine rings is 1. The van der Waals surface area contributed by atoms with Gasteiger partial charge >= 0.3 is 0 Å². The fourth-order valence-electron chi connectivity index (χ4n) is 4.20. The predicted molar refractivity (Wildman–Crippen MR) is 120 cm³/mol. The third-order valence-electron chi connectivity index (χ3n) is 5.96. The Morgan fingerprint density at radius 3 is 2.10 bits per heavy atom. The third kappa shape index (κ3) is 4.50. The topological polar surface area (TPSA) is 78.8 Å². The van der Waals surface area contributed by atoms with E-state index in [2.05, 4.69) is 5.10 Å². The summed E-state index contributed by atoms with van der Waals surface area (Å²) >= 11 is 6.54. The van der Waals surface area contributed by atoms with Gasteiger partial charge in [0.05, 0.1) is 16.9 Å². The second kappa shape index (κ2) is 9.28. The van der Waals surface area contributed by atoms with Crippen LogP contribution in [0, 0.1) is 6.92 Å². The molecule has 1 amide bonds. The molecule has 0 bridgehead atoms. The summed E-state index contributed by atoms with van der Waals surface area (Å²) in [6.45, 7) is 4.15. The molecule has 0 atom stereocenters. The van der Waals surface area contributed by atoms with E-state index in [9.17, 15) is 13.2 Å². The molecule has 0 unspecified atom stereocenters. The van der Waals surface area contributed by atoms with Gasteiger partial charge in [-0.25, -0.2) is 4.68 Å². The quantitative estimate of drug-likeness (QED) is 0.695. The number of hydrogen-bond acceptors (Lipinski definition) is 4. The molecule has 2 aliphatic heterocycles. The van der Waals surface area contributed by atoms with Crippen molar-refractivity contribution >= 4 is 27.7 Å². The highest BCUT2D eigenvalue weighted by Crippen LogP contribution is 2.26. The van der Waals surface area contributed by atoms with E-state index in [1.54, 1.807) is 20.8 Å². The number of nitrogens with zero attached hydrogens (tertiary/aromatic N) is 5. The maximum absolute atomic E-state index is 13.2. The molecule has 0 aliphatic carbocycles. The lowest BCUT2D eigenvalue weighted by Crippen LogP contribution is -2.54. The van der Waals surface area contributed by atoms with Crippen LogP contribution in [0.2, 0.25) is 5.15 Å². The number of benzene rings is 1. The Kier molecular flexibility index (Phi) is 6.66. The Hall–Kier alpha value is -1.94. The standard InChI is InChI=1S/C21H28ClN5O3S/c1-17-19(20(22)27(23-17)18-9-5-4-6-10-18)21(28)24-13-15-26(16-14-24)31(29,30)25-11-7-2-3-8-12-25/h4-6,9-10H,2-3,7-8,11-16H2,1H3. The highest BCUT2D eigenvalue weighted by molar-refractivity contribution is 7.86. The van der Waals surface area contributed by atoms with E-state index in [1.165, 1.54) is 4.31 Å². The zero-order chi connectivity index (χ0) is 22.0. The molecule has 3 heterocycles. The Labute approximate surface area is 188 Å². The summed E-state index contributed by atoms with van der Waals surface area (Å²) in [7, 11) is -3.48. The first-order valence-corrected chi connectivity index (χ1v) is 12.5. The van der Waals surface area contributed by atoms with Crippen molar-refractivity contribution in [2.75, 3.05) is 39.3 Å². The summed E-state index contributed by atoms with van der Waals surface area (Å²) in [4.78, 5) is 14.9. The zero-order valence-corrected chi connectivity index (χ0v) is 19.3. The third-order valence-corrected chi connectivity index (χ3v) is 8.35. The Balaban J connectivity index is 1.46. The average Bonchev–Trinajstić information content (AvgIpc) is 2.95. The first-order chi connectivity index (χ1) is 14.9. The molecule has 168 valence electrons. The van der Waals surface area contributed by atoms with Gasteiger partial charge in [0, 0.05) is 39.3 Å². The smallest absolute Gasteiger partial charge is 0.282 e. The second-order valence-electron chi connectivity index (χ2n) is 8.01. The lowest BCUT2D eigenvalue weighted by atomic mass is 10.2. The number of amides is 1. The molecule has 31 heavy (non-hydrogen) atoms. The van der Waals surface area contributed by atoms with E-state index in [1.807, 2.05) is 30.3 Å². The van der Waals surface area contributed by atoms with Crippen LogP contribution in [0.25, 0.3) is 5.69 Å². The van der Waals surface area contributed by atoms with Crippen molar-refractivity contribution in [3.05, 3.63) is 46.7 Å². The van der Waals surface area contributed by atoms with Crippen molar-refractivity contribution in [3.63, 3.8) is 0 Å². The number of halogens is 1. The highest BCUT2D eigenvalue weighted by atomic mass is 35.5. The van der Waals surface area contributed by atoms with Crippen LogP contribution in [0.15, 0.2) is 30.3 Å². The number of carbonyl (C=O) groups excluding carboxylic acids is 1. The van der Waals surface area contributed by atoms with E-state index in [0.29, 0.717) is 37.4 Å². The van der Waals surface area contributed by atoms with Gasteiger partial charge in [-0.1, -0.05) is 42.6 Å². The number of carbonyl (C=O) groups is 1. The van der Waals surface area contributed by atoms with Crippen molar-refractivity contribution < 1.29 is 13.2 Å². The van der Waals surface area contributed by atoms with Gasteiger partial charge in [-0.3, -0.25) is 4.79 Å². The van der Waals surface area contributed by atoms with Crippen LogP contribution in [0.4, 0.5) is 0 Å². The van der Waals surface area contributed by atoms with Crippen LogP contribution in [0.5, 0.6) is 0 Å². The van der Waals surface area contributed by atoms with Crippen LogP contribution < -0.4 is 0 Å². The molecule has 1 aromatic heterocycles. The molecule has 1 aromatic carbocycles. The molecular weight excluding hydrogens is 438 g/mol. The molecule has 2 aromatic rings. The van der Waals surface area contributed by atoms with Crippen LogP contribution >= 0.6 is 11.6 Å². The summed E-state index contributed by atoms with van der Waals surface area (Å²) in [6, 6.07) is 9.42. The molecule has 2 aliphatic rings. The first-order valence-electron chi connectivity index (χ1n) is 10.7. The fraction of sp³-hybridized carbons (Fsp3) is 0.524. The Morgan fingerprint density at radius 1 is 0.903 bits per heavy atom. The molecule has 0 N–H and O–H groups in total. The second-order valence-corrected chi connectivity index (χ2v) is 10.3. The normalized spacial score (nSPS) is 19.4. The molecule has 10 heteroatoms. The van der Waals surface area contributed by atoms with Gasteiger partial charge in [-0.2, -0.15) is 22.1 Å². The van der Waals surface area contributed by atoms with Crippen LogP contribution in [-0.2, 0) is 10.2 Å². The van der Waals surface area contributed by atoms with Crippen molar-refractivity contribution in [2.45, 2.75) is 32.6 Å². The van der Waals surface area contributed by atoms with Crippen LogP contribution in [0.1, 0.15) is 41.7 Å². The lowest BCUT2D eigenvalue weighted by molar-refractivity contribution is 0.0693. The van der Waals surface area contributed by atoms with Crippen molar-refractivity contribution in [1.82, 2.24) is 23.3 Å². The molecule has 0 radical (unpaired) electrons. The summed E-state index contributed by atoms with van der Waals surface area (Å²) in [6.07, 6.45) is 3.96. The Bertz CT molecular complexity index is 1020. The van der Waals surface area contributed by atoms with Crippen molar-refractivity contribution in [3.8, 4) is 5.69 Å².